The maximum absolute atomic E-state index is 10.6. The summed E-state index contributed by atoms with van der Waals surface area (Å²) in [4.78, 5) is 4.44. The lowest BCUT2D eigenvalue weighted by atomic mass is 9.77. The molecule has 0 amide bonds. The summed E-state index contributed by atoms with van der Waals surface area (Å²) in [5.41, 5.74) is 4.00. The molecule has 1 fully saturated rings. The minimum Gasteiger partial charge on any atom is -0.382 e. The first-order valence-corrected chi connectivity index (χ1v) is 6.96. The molecule has 0 saturated heterocycles. The molecular weight excluding hydrogens is 234 g/mol. The quantitative estimate of drug-likeness (QED) is 0.904. The molecule has 98 valence electrons. The molecule has 2 nitrogen and oxygen atoms in total. The predicted octanol–water partition coefficient (Wildman–Crippen LogP) is 3.74. The van der Waals surface area contributed by atoms with Gasteiger partial charge in [0.25, 0.3) is 0 Å². The first-order valence-electron chi connectivity index (χ1n) is 6.96. The Morgan fingerprint density at radius 2 is 1.89 bits per heavy atom. The van der Waals surface area contributed by atoms with E-state index in [0.29, 0.717) is 5.92 Å². The van der Waals surface area contributed by atoms with Crippen molar-refractivity contribution >= 4 is 0 Å². The van der Waals surface area contributed by atoms with E-state index in [1.165, 1.54) is 24.8 Å². The van der Waals surface area contributed by atoms with Gasteiger partial charge < -0.3 is 5.11 Å². The average Bonchev–Trinajstić information content (AvgIpc) is 2.37. The third-order valence-electron chi connectivity index (χ3n) is 4.03. The topological polar surface area (TPSA) is 33.1 Å². The lowest BCUT2D eigenvalue weighted by molar-refractivity contribution is 0.212. The molecule has 1 aromatic carbocycles. The van der Waals surface area contributed by atoms with E-state index in [1.807, 2.05) is 37.3 Å². The van der Waals surface area contributed by atoms with Crippen molar-refractivity contribution in [1.29, 1.82) is 0 Å². The van der Waals surface area contributed by atoms with Crippen LogP contribution in [0.2, 0.25) is 0 Å². The van der Waals surface area contributed by atoms with E-state index in [-0.39, 0.29) is 0 Å². The van der Waals surface area contributed by atoms with E-state index in [9.17, 15) is 5.11 Å². The minimum absolute atomic E-state index is 0.614. The maximum Gasteiger partial charge on any atom is 0.121 e. The van der Waals surface area contributed by atoms with Crippen molar-refractivity contribution in [2.75, 3.05) is 0 Å². The Bertz CT molecular complexity index is 575. The molecule has 1 atom stereocenters. The average molecular weight is 253 g/mol. The SMILES string of the molecule is Cc1cccc(C(O)c2ccccc2C2CCC2)n1. The number of benzene rings is 1. The smallest absolute Gasteiger partial charge is 0.121 e. The maximum atomic E-state index is 10.6. The van der Waals surface area contributed by atoms with E-state index in [1.54, 1.807) is 0 Å². The van der Waals surface area contributed by atoms with Gasteiger partial charge >= 0.3 is 0 Å². The third kappa shape index (κ3) is 2.41. The van der Waals surface area contributed by atoms with Gasteiger partial charge in [0.1, 0.15) is 6.10 Å². The Hall–Kier alpha value is -1.67. The van der Waals surface area contributed by atoms with Crippen molar-refractivity contribution in [3.8, 4) is 0 Å². The molecule has 3 rings (SSSR count). The summed E-state index contributed by atoms with van der Waals surface area (Å²) in [5.74, 6) is 0.621. The summed E-state index contributed by atoms with van der Waals surface area (Å²) in [6.45, 7) is 1.95. The number of nitrogens with zero attached hydrogens (tertiary/aromatic N) is 1. The van der Waals surface area contributed by atoms with Crippen LogP contribution in [0, 0.1) is 6.92 Å². The predicted molar refractivity (Wildman–Crippen MR) is 76.1 cm³/mol. The Balaban J connectivity index is 1.97. The summed E-state index contributed by atoms with van der Waals surface area (Å²) in [6.07, 6.45) is 3.17. The van der Waals surface area contributed by atoms with E-state index < -0.39 is 6.10 Å². The van der Waals surface area contributed by atoms with Crippen LogP contribution in [0.15, 0.2) is 42.5 Å². The van der Waals surface area contributed by atoms with Gasteiger partial charge in [-0.15, -0.1) is 0 Å². The third-order valence-corrected chi connectivity index (χ3v) is 4.03. The summed E-state index contributed by atoms with van der Waals surface area (Å²) in [5, 5.41) is 10.6. The summed E-state index contributed by atoms with van der Waals surface area (Å²) >= 11 is 0. The molecule has 1 heterocycles. The highest BCUT2D eigenvalue weighted by Gasteiger charge is 2.25. The van der Waals surface area contributed by atoms with E-state index in [0.717, 1.165) is 17.0 Å². The number of aryl methyl sites for hydroxylation is 1. The second-order valence-electron chi connectivity index (χ2n) is 5.36. The molecule has 0 radical (unpaired) electrons. The van der Waals surface area contributed by atoms with Crippen LogP contribution in [0.1, 0.15) is 53.8 Å². The van der Waals surface area contributed by atoms with Gasteiger partial charge in [0.15, 0.2) is 0 Å². The van der Waals surface area contributed by atoms with Crippen molar-refractivity contribution in [2.24, 2.45) is 0 Å². The molecule has 0 bridgehead atoms. The number of aliphatic hydroxyl groups excluding tert-OH is 1. The molecule has 1 aliphatic carbocycles. The number of hydrogen-bond donors (Lipinski definition) is 1. The zero-order chi connectivity index (χ0) is 13.2. The lowest BCUT2D eigenvalue weighted by Crippen LogP contribution is -2.14. The minimum atomic E-state index is -0.614. The van der Waals surface area contributed by atoms with Crippen LogP contribution in [-0.4, -0.2) is 10.1 Å². The Morgan fingerprint density at radius 1 is 1.11 bits per heavy atom. The van der Waals surface area contributed by atoms with Crippen molar-refractivity contribution in [1.82, 2.24) is 4.98 Å². The monoisotopic (exact) mass is 253 g/mol. The second-order valence-corrected chi connectivity index (χ2v) is 5.36. The number of aromatic nitrogens is 1. The molecule has 2 heteroatoms. The van der Waals surface area contributed by atoms with Crippen LogP contribution in [-0.2, 0) is 0 Å². The van der Waals surface area contributed by atoms with Crippen LogP contribution in [0.4, 0.5) is 0 Å². The number of aliphatic hydroxyl groups is 1. The molecule has 1 saturated carbocycles. The normalized spacial score (nSPS) is 16.9. The molecule has 1 N–H and O–H groups in total. The van der Waals surface area contributed by atoms with Gasteiger partial charge in [-0.2, -0.15) is 0 Å². The molecule has 0 aliphatic heterocycles. The zero-order valence-corrected chi connectivity index (χ0v) is 11.2. The molecule has 19 heavy (non-hydrogen) atoms. The summed E-state index contributed by atoms with van der Waals surface area (Å²) in [6, 6.07) is 14.0. The molecule has 2 aromatic rings. The number of hydrogen-bond acceptors (Lipinski definition) is 2. The number of pyridine rings is 1. The molecule has 1 aromatic heterocycles. The fraction of sp³-hybridized carbons (Fsp3) is 0.353. The lowest BCUT2D eigenvalue weighted by Gasteiger charge is -2.29. The van der Waals surface area contributed by atoms with Crippen LogP contribution in [0.25, 0.3) is 0 Å². The van der Waals surface area contributed by atoms with Crippen molar-refractivity contribution in [2.45, 2.75) is 38.2 Å². The molecule has 1 unspecified atom stereocenters. The summed E-state index contributed by atoms with van der Waals surface area (Å²) < 4.78 is 0. The second kappa shape index (κ2) is 5.14. The van der Waals surface area contributed by atoms with Gasteiger partial charge in [-0.1, -0.05) is 36.8 Å². The van der Waals surface area contributed by atoms with Crippen LogP contribution in [0.3, 0.4) is 0 Å². The largest absolute Gasteiger partial charge is 0.382 e. The Labute approximate surface area is 114 Å². The standard InChI is InChI=1S/C17H19NO/c1-12-6-4-11-16(18-12)17(19)15-10-3-2-9-14(15)13-7-5-8-13/h2-4,6,9-11,13,17,19H,5,7-8H2,1H3. The van der Waals surface area contributed by atoms with Gasteiger partial charge in [-0.3, -0.25) is 4.98 Å². The molecule has 1 aliphatic rings. The van der Waals surface area contributed by atoms with Crippen molar-refractivity contribution < 1.29 is 5.11 Å². The molecular formula is C17H19NO. The van der Waals surface area contributed by atoms with Gasteiger partial charge in [0, 0.05) is 5.69 Å². The van der Waals surface area contributed by atoms with Gasteiger partial charge in [-0.05, 0) is 48.9 Å². The van der Waals surface area contributed by atoms with Crippen molar-refractivity contribution in [3.63, 3.8) is 0 Å². The van der Waals surface area contributed by atoms with Crippen molar-refractivity contribution in [3.05, 3.63) is 65.0 Å². The van der Waals surface area contributed by atoms with E-state index in [4.69, 9.17) is 0 Å². The zero-order valence-electron chi connectivity index (χ0n) is 11.2. The first-order chi connectivity index (χ1) is 9.25. The fourth-order valence-electron chi connectivity index (χ4n) is 2.73. The highest BCUT2D eigenvalue weighted by atomic mass is 16.3. The van der Waals surface area contributed by atoms with E-state index in [2.05, 4.69) is 17.1 Å². The van der Waals surface area contributed by atoms with Crippen LogP contribution >= 0.6 is 0 Å². The number of rotatable bonds is 3. The van der Waals surface area contributed by atoms with Gasteiger partial charge in [-0.25, -0.2) is 0 Å². The highest BCUT2D eigenvalue weighted by molar-refractivity contribution is 5.37. The van der Waals surface area contributed by atoms with Gasteiger partial charge in [0.2, 0.25) is 0 Å². The van der Waals surface area contributed by atoms with E-state index >= 15 is 0 Å². The Morgan fingerprint density at radius 3 is 2.58 bits per heavy atom. The molecule has 0 spiro atoms. The van der Waals surface area contributed by atoms with Gasteiger partial charge in [0.05, 0.1) is 5.69 Å². The fourth-order valence-corrected chi connectivity index (χ4v) is 2.73. The summed E-state index contributed by atoms with van der Waals surface area (Å²) in [7, 11) is 0. The van der Waals surface area contributed by atoms with Crippen LogP contribution in [0.5, 0.6) is 0 Å². The van der Waals surface area contributed by atoms with Crippen LogP contribution < -0.4 is 0 Å². The highest BCUT2D eigenvalue weighted by Crippen LogP contribution is 2.40. The first kappa shape index (κ1) is 12.4. The Kier molecular flexibility index (Phi) is 3.34.